The Morgan fingerprint density at radius 3 is 2.66 bits per heavy atom. The first-order valence-corrected chi connectivity index (χ1v) is 8.73. The molecule has 0 unspecified atom stereocenters. The monoisotopic (exact) mass is 392 g/mol. The summed E-state index contributed by atoms with van der Waals surface area (Å²) in [5.41, 5.74) is 3.15. The van der Waals surface area contributed by atoms with Crippen LogP contribution in [0.2, 0.25) is 0 Å². The molecule has 1 amide bonds. The number of nitro benzene ring substituents is 1. The van der Waals surface area contributed by atoms with Crippen LogP contribution < -0.4 is 20.2 Å². The van der Waals surface area contributed by atoms with Gasteiger partial charge in [-0.1, -0.05) is 30.3 Å². The number of benzene rings is 3. The third kappa shape index (κ3) is 4.08. The Kier molecular flexibility index (Phi) is 4.93. The van der Waals surface area contributed by atoms with E-state index in [1.54, 1.807) is 0 Å². The summed E-state index contributed by atoms with van der Waals surface area (Å²) >= 11 is 0. The van der Waals surface area contributed by atoms with Crippen molar-refractivity contribution in [3.05, 3.63) is 70.3 Å². The Morgan fingerprint density at radius 2 is 1.86 bits per heavy atom. The lowest BCUT2D eigenvalue weighted by Crippen LogP contribution is -2.25. The largest absolute Gasteiger partial charge is 0.454 e. The Morgan fingerprint density at radius 1 is 1.10 bits per heavy atom. The number of hydrogen-bond acceptors (Lipinski definition) is 7. The number of fused-ring (bicyclic) bond motifs is 2. The number of nitrogens with one attached hydrogen (secondary N) is 2. The smallest absolute Gasteiger partial charge is 0.282 e. The van der Waals surface area contributed by atoms with E-state index in [1.165, 1.54) is 18.3 Å². The van der Waals surface area contributed by atoms with E-state index in [-0.39, 0.29) is 24.6 Å². The minimum absolute atomic E-state index is 0.00108. The lowest BCUT2D eigenvalue weighted by atomic mass is 10.1. The second-order valence-corrected chi connectivity index (χ2v) is 6.23. The van der Waals surface area contributed by atoms with Crippen LogP contribution in [-0.4, -0.2) is 30.4 Å². The second kappa shape index (κ2) is 7.85. The summed E-state index contributed by atoms with van der Waals surface area (Å²) in [5.74, 6) is 0.302. The van der Waals surface area contributed by atoms with Gasteiger partial charge in [-0.3, -0.25) is 14.9 Å². The summed E-state index contributed by atoms with van der Waals surface area (Å²) in [6, 6.07) is 16.4. The number of ether oxygens (including phenoxy) is 2. The van der Waals surface area contributed by atoms with Gasteiger partial charge in [-0.05, 0) is 29.0 Å². The molecule has 1 aliphatic heterocycles. The summed E-state index contributed by atoms with van der Waals surface area (Å²) in [5, 5.41) is 20.2. The maximum absolute atomic E-state index is 12.0. The van der Waals surface area contributed by atoms with E-state index in [0.717, 1.165) is 16.5 Å². The van der Waals surface area contributed by atoms with Crippen molar-refractivity contribution in [1.82, 2.24) is 5.43 Å². The predicted octanol–water partition coefficient (Wildman–Crippen LogP) is 3.04. The maximum Gasteiger partial charge on any atom is 0.282 e. The zero-order chi connectivity index (χ0) is 20.2. The third-order valence-electron chi connectivity index (χ3n) is 4.31. The average molecular weight is 392 g/mol. The number of rotatable bonds is 6. The molecule has 0 aliphatic carbocycles. The molecule has 29 heavy (non-hydrogen) atoms. The Balaban J connectivity index is 1.38. The molecule has 0 saturated carbocycles. The van der Waals surface area contributed by atoms with Gasteiger partial charge >= 0.3 is 0 Å². The summed E-state index contributed by atoms with van der Waals surface area (Å²) < 4.78 is 10.4. The van der Waals surface area contributed by atoms with Crippen molar-refractivity contribution in [3.63, 3.8) is 0 Å². The molecule has 3 aromatic rings. The molecular formula is C20H16N4O5. The summed E-state index contributed by atoms with van der Waals surface area (Å²) in [7, 11) is 0. The number of carbonyl (C=O) groups excluding carboxylic acids is 1. The Hall–Kier alpha value is -4.14. The van der Waals surface area contributed by atoms with Gasteiger partial charge in [0.25, 0.3) is 11.6 Å². The van der Waals surface area contributed by atoms with Crippen molar-refractivity contribution in [2.24, 2.45) is 5.10 Å². The number of nitrogens with zero attached hydrogens (tertiary/aromatic N) is 2. The van der Waals surface area contributed by atoms with E-state index in [1.807, 2.05) is 42.5 Å². The van der Waals surface area contributed by atoms with Gasteiger partial charge in [0.2, 0.25) is 6.79 Å². The summed E-state index contributed by atoms with van der Waals surface area (Å²) in [6.07, 6.45) is 1.20. The first-order chi connectivity index (χ1) is 14.1. The lowest BCUT2D eigenvalue weighted by molar-refractivity contribution is -0.385. The fourth-order valence-corrected chi connectivity index (χ4v) is 2.90. The second-order valence-electron chi connectivity index (χ2n) is 6.23. The molecule has 0 radical (unpaired) electrons. The molecule has 2 N–H and O–H groups in total. The van der Waals surface area contributed by atoms with E-state index in [9.17, 15) is 14.9 Å². The zero-order valence-electron chi connectivity index (χ0n) is 15.1. The van der Waals surface area contributed by atoms with E-state index in [4.69, 9.17) is 9.47 Å². The summed E-state index contributed by atoms with van der Waals surface area (Å²) in [4.78, 5) is 22.7. The topological polar surface area (TPSA) is 115 Å². The standard InChI is InChI=1S/C20H16N4O5/c25-20(11-21-16-6-5-13-3-1-2-4-14(13)7-16)23-22-10-15-8-18-19(29-12-28-18)9-17(15)24(26)27/h1-10,21H,11-12H2,(H,23,25)/b22-10+. The van der Waals surface area contributed by atoms with Crippen LogP contribution in [0.4, 0.5) is 11.4 Å². The van der Waals surface area contributed by atoms with Crippen LogP contribution in [-0.2, 0) is 4.79 Å². The first-order valence-electron chi connectivity index (χ1n) is 8.73. The zero-order valence-corrected chi connectivity index (χ0v) is 15.1. The van der Waals surface area contributed by atoms with Gasteiger partial charge in [0.1, 0.15) is 0 Å². The molecule has 3 aromatic carbocycles. The van der Waals surface area contributed by atoms with E-state index in [0.29, 0.717) is 11.5 Å². The number of hydrogen-bond donors (Lipinski definition) is 2. The van der Waals surface area contributed by atoms with Gasteiger partial charge in [0.15, 0.2) is 11.5 Å². The number of anilines is 1. The minimum Gasteiger partial charge on any atom is -0.454 e. The SMILES string of the molecule is O=C(CNc1ccc2ccccc2c1)N/N=C/c1cc2c(cc1[N+](=O)[O-])OCO2. The average Bonchev–Trinajstić information content (AvgIpc) is 3.19. The highest BCUT2D eigenvalue weighted by Crippen LogP contribution is 2.37. The van der Waals surface area contributed by atoms with Crippen LogP contribution in [0.15, 0.2) is 59.7 Å². The van der Waals surface area contributed by atoms with Gasteiger partial charge in [-0.2, -0.15) is 5.10 Å². The van der Waals surface area contributed by atoms with Crippen LogP contribution in [0, 0.1) is 10.1 Å². The molecule has 0 saturated heterocycles. The highest BCUT2D eigenvalue weighted by molar-refractivity contribution is 5.89. The van der Waals surface area contributed by atoms with Gasteiger partial charge in [-0.25, -0.2) is 5.43 Å². The number of carbonyl (C=O) groups is 1. The van der Waals surface area contributed by atoms with Crippen LogP contribution >= 0.6 is 0 Å². The third-order valence-corrected chi connectivity index (χ3v) is 4.31. The Labute approximate surface area is 165 Å². The highest BCUT2D eigenvalue weighted by Gasteiger charge is 2.22. The van der Waals surface area contributed by atoms with Gasteiger partial charge in [0.05, 0.1) is 29.3 Å². The van der Waals surface area contributed by atoms with E-state index < -0.39 is 10.8 Å². The highest BCUT2D eigenvalue weighted by atomic mass is 16.7. The predicted molar refractivity (Wildman–Crippen MR) is 107 cm³/mol. The molecule has 0 atom stereocenters. The lowest BCUT2D eigenvalue weighted by Gasteiger charge is -2.06. The van der Waals surface area contributed by atoms with Crippen molar-refractivity contribution in [2.45, 2.75) is 0 Å². The molecule has 9 heteroatoms. The Bertz CT molecular complexity index is 1130. The summed E-state index contributed by atoms with van der Waals surface area (Å²) in [6.45, 7) is 0.00315. The quantitative estimate of drug-likeness (QED) is 0.378. The maximum atomic E-state index is 12.0. The van der Waals surface area contributed by atoms with Crippen LogP contribution in [0.5, 0.6) is 11.5 Å². The number of nitro groups is 1. The molecule has 1 heterocycles. The van der Waals surface area contributed by atoms with Crippen molar-refractivity contribution in [1.29, 1.82) is 0 Å². The normalized spacial score (nSPS) is 12.3. The van der Waals surface area contributed by atoms with Crippen LogP contribution in [0.25, 0.3) is 10.8 Å². The fraction of sp³-hybridized carbons (Fsp3) is 0.100. The van der Waals surface area contributed by atoms with E-state index in [2.05, 4.69) is 15.8 Å². The molecule has 0 aromatic heterocycles. The number of hydrazone groups is 1. The fourth-order valence-electron chi connectivity index (χ4n) is 2.90. The minimum atomic E-state index is -0.549. The molecular weight excluding hydrogens is 376 g/mol. The van der Waals surface area contributed by atoms with Crippen molar-refractivity contribution in [2.75, 3.05) is 18.7 Å². The van der Waals surface area contributed by atoms with Gasteiger partial charge < -0.3 is 14.8 Å². The molecule has 4 rings (SSSR count). The molecule has 9 nitrogen and oxygen atoms in total. The first kappa shape index (κ1) is 18.2. The van der Waals surface area contributed by atoms with Crippen molar-refractivity contribution in [3.8, 4) is 11.5 Å². The molecule has 146 valence electrons. The molecule has 1 aliphatic rings. The van der Waals surface area contributed by atoms with Crippen LogP contribution in [0.3, 0.4) is 0 Å². The molecule has 0 bridgehead atoms. The number of amides is 1. The van der Waals surface area contributed by atoms with Gasteiger partial charge in [0, 0.05) is 5.69 Å². The molecule has 0 spiro atoms. The van der Waals surface area contributed by atoms with Crippen LogP contribution in [0.1, 0.15) is 5.56 Å². The van der Waals surface area contributed by atoms with E-state index >= 15 is 0 Å². The van der Waals surface area contributed by atoms with Crippen molar-refractivity contribution < 1.29 is 19.2 Å². The molecule has 0 fully saturated rings. The van der Waals surface area contributed by atoms with Crippen molar-refractivity contribution >= 4 is 34.3 Å². The van der Waals surface area contributed by atoms with Gasteiger partial charge in [-0.15, -0.1) is 0 Å².